The Morgan fingerprint density at radius 3 is 2.80 bits per heavy atom. The van der Waals surface area contributed by atoms with Gasteiger partial charge in [0.2, 0.25) is 0 Å². The van der Waals surface area contributed by atoms with Gasteiger partial charge in [0, 0.05) is 35.2 Å². The minimum Gasteiger partial charge on any atom is -0.395 e. The highest BCUT2D eigenvalue weighted by Gasteiger charge is 2.36. The summed E-state index contributed by atoms with van der Waals surface area (Å²) in [5.41, 5.74) is 2.13. The zero-order valence-corrected chi connectivity index (χ0v) is 21.4. The minimum absolute atomic E-state index is 0.232. The van der Waals surface area contributed by atoms with Crippen molar-refractivity contribution >= 4 is 40.2 Å². The van der Waals surface area contributed by atoms with Crippen LogP contribution in [0.25, 0.3) is 11.2 Å². The highest BCUT2D eigenvalue weighted by Crippen LogP contribution is 2.33. The Bertz CT molecular complexity index is 1270. The number of aliphatic hydroxyl groups excluding tert-OH is 1. The summed E-state index contributed by atoms with van der Waals surface area (Å²) in [5, 5.41) is 25.0. The number of aromatic nitrogens is 4. The van der Waals surface area contributed by atoms with Crippen molar-refractivity contribution in [3.63, 3.8) is 0 Å². The van der Waals surface area contributed by atoms with Crippen LogP contribution in [0, 0.1) is 17.2 Å². The molecule has 4 heterocycles. The second kappa shape index (κ2) is 9.90. The van der Waals surface area contributed by atoms with Crippen molar-refractivity contribution in [3.05, 3.63) is 45.7 Å². The summed E-state index contributed by atoms with van der Waals surface area (Å²) in [6.07, 6.45) is 4.99. The quantitative estimate of drug-likeness (QED) is 0.543. The van der Waals surface area contributed by atoms with Crippen LogP contribution in [0.1, 0.15) is 50.4 Å². The molecule has 0 saturated carbocycles. The molecule has 4 atom stereocenters. The molecule has 0 radical (unpaired) electrons. The first kappa shape index (κ1) is 24.3. The van der Waals surface area contributed by atoms with E-state index in [4.69, 9.17) is 28.2 Å². The van der Waals surface area contributed by atoms with Gasteiger partial charge in [0.15, 0.2) is 11.3 Å². The molecule has 2 fully saturated rings. The van der Waals surface area contributed by atoms with E-state index in [0.717, 1.165) is 50.3 Å². The van der Waals surface area contributed by atoms with E-state index in [1.807, 2.05) is 13.0 Å². The van der Waals surface area contributed by atoms with Gasteiger partial charge < -0.3 is 10.0 Å². The summed E-state index contributed by atoms with van der Waals surface area (Å²) in [7, 11) is 0. The molecule has 184 valence electrons. The average Bonchev–Trinajstić information content (AvgIpc) is 3.47. The predicted octanol–water partition coefficient (Wildman–Crippen LogP) is 4.29. The van der Waals surface area contributed by atoms with Crippen molar-refractivity contribution in [2.45, 2.75) is 51.2 Å². The van der Waals surface area contributed by atoms with Crippen molar-refractivity contribution < 1.29 is 5.11 Å². The first-order chi connectivity index (χ1) is 16.9. The van der Waals surface area contributed by atoms with E-state index >= 15 is 0 Å². The fraction of sp³-hybridized carbons (Fsp3) is 0.520. The minimum atomic E-state index is -0.260. The summed E-state index contributed by atoms with van der Waals surface area (Å²) in [4.78, 5) is 14.3. The van der Waals surface area contributed by atoms with Gasteiger partial charge in [-0.15, -0.1) is 0 Å². The van der Waals surface area contributed by atoms with Crippen LogP contribution in [-0.2, 0) is 0 Å². The van der Waals surface area contributed by atoms with E-state index in [9.17, 15) is 10.4 Å². The van der Waals surface area contributed by atoms with Crippen LogP contribution in [0.4, 0.5) is 5.82 Å². The summed E-state index contributed by atoms with van der Waals surface area (Å²) in [6, 6.07) is 8.00. The number of benzene rings is 1. The Labute approximate surface area is 215 Å². The van der Waals surface area contributed by atoms with Crippen LogP contribution in [0.15, 0.2) is 24.4 Å². The summed E-state index contributed by atoms with van der Waals surface area (Å²) >= 11 is 12.6. The first-order valence-electron chi connectivity index (χ1n) is 12.1. The molecular formula is C25H29Cl2N7O. The Hall–Kier alpha value is -2.44. The van der Waals surface area contributed by atoms with Gasteiger partial charge >= 0.3 is 0 Å². The molecule has 2 saturated heterocycles. The molecule has 0 aliphatic carbocycles. The topological polar surface area (TPSA) is 94.1 Å². The number of nitrogens with zero attached hydrogens (tertiary/aromatic N) is 7. The predicted molar refractivity (Wildman–Crippen MR) is 137 cm³/mol. The van der Waals surface area contributed by atoms with Gasteiger partial charge in [0.05, 0.1) is 18.8 Å². The van der Waals surface area contributed by atoms with Gasteiger partial charge in [-0.2, -0.15) is 10.4 Å². The molecule has 1 N–H and O–H groups in total. The fourth-order valence-corrected chi connectivity index (χ4v) is 6.26. The molecule has 2 aliphatic rings. The molecule has 35 heavy (non-hydrogen) atoms. The van der Waals surface area contributed by atoms with Gasteiger partial charge in [-0.3, -0.25) is 4.90 Å². The van der Waals surface area contributed by atoms with Crippen LogP contribution in [0.5, 0.6) is 0 Å². The number of hydrogen-bond acceptors (Lipinski definition) is 7. The summed E-state index contributed by atoms with van der Waals surface area (Å²) in [5.74, 6) is 1.21. The zero-order valence-electron chi connectivity index (χ0n) is 19.9. The van der Waals surface area contributed by atoms with Crippen molar-refractivity contribution in [3.8, 4) is 6.07 Å². The number of fused-ring (bicyclic) bond motifs is 1. The Kier molecular flexibility index (Phi) is 6.86. The lowest BCUT2D eigenvalue weighted by atomic mass is 9.92. The monoisotopic (exact) mass is 513 g/mol. The molecule has 5 rings (SSSR count). The number of likely N-dealkylation sites (tertiary alicyclic amines) is 1. The van der Waals surface area contributed by atoms with Crippen LogP contribution in [-0.4, -0.2) is 68.1 Å². The smallest absolute Gasteiger partial charge is 0.190 e. The number of nitriles is 1. The summed E-state index contributed by atoms with van der Waals surface area (Å²) in [6.45, 7) is 7.26. The van der Waals surface area contributed by atoms with Crippen molar-refractivity contribution in [2.75, 3.05) is 31.1 Å². The van der Waals surface area contributed by atoms with E-state index in [0.29, 0.717) is 33.2 Å². The molecule has 0 amide bonds. The number of halogens is 2. The van der Waals surface area contributed by atoms with E-state index < -0.39 is 0 Å². The standard InChI is InChI=1S/C25H29Cl2N7O/c1-15-13-32(9-7-22(15)33-8-3-4-18(33)14-35)23-12-29-24-21(11-28)31-34(25(24)30-23)16(2)19-6-5-17(26)10-20(19)27/h5-6,10,12,15-16,18,22,35H,3-4,7-9,13-14H2,1-2H3/t15-,16?,18+,22+/m1/s1. The maximum absolute atomic E-state index is 9.77. The number of rotatable bonds is 5. The maximum Gasteiger partial charge on any atom is 0.190 e. The molecule has 2 aliphatic heterocycles. The zero-order chi connectivity index (χ0) is 24.7. The van der Waals surface area contributed by atoms with Crippen LogP contribution >= 0.6 is 23.2 Å². The van der Waals surface area contributed by atoms with E-state index in [1.54, 1.807) is 23.0 Å². The number of piperidine rings is 1. The second-order valence-electron chi connectivity index (χ2n) is 9.64. The first-order valence-corrected chi connectivity index (χ1v) is 12.9. The molecule has 8 nitrogen and oxygen atoms in total. The lowest BCUT2D eigenvalue weighted by Gasteiger charge is -2.43. The third-order valence-corrected chi connectivity index (χ3v) is 8.08. The normalized spacial score (nSPS) is 24.1. The van der Waals surface area contributed by atoms with Crippen molar-refractivity contribution in [2.24, 2.45) is 5.92 Å². The molecule has 0 spiro atoms. The lowest BCUT2D eigenvalue weighted by molar-refractivity contribution is 0.0800. The largest absolute Gasteiger partial charge is 0.395 e. The Morgan fingerprint density at radius 2 is 2.09 bits per heavy atom. The molecule has 1 unspecified atom stereocenters. The van der Waals surface area contributed by atoms with E-state index in [-0.39, 0.29) is 24.4 Å². The highest BCUT2D eigenvalue weighted by molar-refractivity contribution is 6.35. The third kappa shape index (κ3) is 4.47. The molecule has 2 aromatic heterocycles. The van der Waals surface area contributed by atoms with E-state index in [2.05, 4.69) is 32.9 Å². The Balaban J connectivity index is 1.44. The van der Waals surface area contributed by atoms with E-state index in [1.165, 1.54) is 0 Å². The average molecular weight is 514 g/mol. The van der Waals surface area contributed by atoms with Crippen LogP contribution in [0.3, 0.4) is 0 Å². The second-order valence-corrected chi connectivity index (χ2v) is 10.5. The molecular weight excluding hydrogens is 485 g/mol. The lowest BCUT2D eigenvalue weighted by Crippen LogP contribution is -2.52. The molecule has 3 aromatic rings. The third-order valence-electron chi connectivity index (χ3n) is 7.52. The summed E-state index contributed by atoms with van der Waals surface area (Å²) < 4.78 is 1.73. The number of aliphatic hydroxyl groups is 1. The van der Waals surface area contributed by atoms with Crippen LogP contribution in [0.2, 0.25) is 10.0 Å². The van der Waals surface area contributed by atoms with Crippen molar-refractivity contribution in [1.29, 1.82) is 5.26 Å². The van der Waals surface area contributed by atoms with Crippen LogP contribution < -0.4 is 4.90 Å². The molecule has 10 heteroatoms. The van der Waals surface area contributed by atoms with Gasteiger partial charge in [-0.25, -0.2) is 14.6 Å². The highest BCUT2D eigenvalue weighted by atomic mass is 35.5. The maximum atomic E-state index is 9.77. The van der Waals surface area contributed by atoms with Gasteiger partial charge in [0.25, 0.3) is 0 Å². The molecule has 1 aromatic carbocycles. The number of anilines is 1. The van der Waals surface area contributed by atoms with Gasteiger partial charge in [-0.05, 0) is 56.3 Å². The fourth-order valence-electron chi connectivity index (χ4n) is 5.69. The SMILES string of the molecule is CC(c1ccc(Cl)cc1Cl)n1nc(C#N)c2ncc(N3CC[C@H](N4CCC[C@H]4CO)[C@H](C)C3)nc21. The molecule has 0 bridgehead atoms. The van der Waals surface area contributed by atoms with Gasteiger partial charge in [0.1, 0.15) is 17.4 Å². The number of hydrogen-bond donors (Lipinski definition) is 1. The van der Waals surface area contributed by atoms with Gasteiger partial charge in [-0.1, -0.05) is 36.2 Å². The van der Waals surface area contributed by atoms with Crippen molar-refractivity contribution in [1.82, 2.24) is 24.6 Å². The Morgan fingerprint density at radius 1 is 1.26 bits per heavy atom.